The summed E-state index contributed by atoms with van der Waals surface area (Å²) in [5, 5.41) is 7.96. The summed E-state index contributed by atoms with van der Waals surface area (Å²) in [5.74, 6) is 1.29. The number of nitrogens with zero attached hydrogens (tertiary/aromatic N) is 4. The van der Waals surface area contributed by atoms with Crippen molar-refractivity contribution in [3.8, 4) is 17.3 Å². The number of para-hydroxylation sites is 1. The van der Waals surface area contributed by atoms with Crippen LogP contribution in [-0.4, -0.2) is 32.4 Å². The predicted molar refractivity (Wildman–Crippen MR) is 147 cm³/mol. The van der Waals surface area contributed by atoms with Gasteiger partial charge in [0.15, 0.2) is 0 Å². The van der Waals surface area contributed by atoms with Gasteiger partial charge in [0.1, 0.15) is 17.4 Å². The average molecular weight is 522 g/mol. The Hall–Kier alpha value is -4.85. The molecule has 6 rings (SSSR count). The number of ether oxygens (including phenoxy) is 1. The van der Waals surface area contributed by atoms with E-state index in [0.717, 1.165) is 45.3 Å². The van der Waals surface area contributed by atoms with Gasteiger partial charge in [-0.05, 0) is 66.6 Å². The van der Waals surface area contributed by atoms with E-state index in [4.69, 9.17) is 9.84 Å². The van der Waals surface area contributed by atoms with Crippen molar-refractivity contribution in [2.45, 2.75) is 26.1 Å². The summed E-state index contributed by atoms with van der Waals surface area (Å²) in [6.07, 6.45) is 1.99. The van der Waals surface area contributed by atoms with Gasteiger partial charge in [0.25, 0.3) is 0 Å². The normalized spacial score (nSPS) is 14.3. The molecule has 3 heterocycles. The molecule has 0 saturated carbocycles. The maximum Gasteiger partial charge on any atom is 0.318 e. The number of aryl methyl sites for hydroxylation is 1. The van der Waals surface area contributed by atoms with Gasteiger partial charge >= 0.3 is 6.03 Å². The zero-order valence-electron chi connectivity index (χ0n) is 21.7. The average Bonchev–Trinajstić information content (AvgIpc) is 3.53. The number of hydrogen-bond donors (Lipinski definition) is 1. The van der Waals surface area contributed by atoms with Crippen LogP contribution in [-0.2, 0) is 13.1 Å². The molecule has 1 aliphatic heterocycles. The maximum absolute atomic E-state index is 13.9. The van der Waals surface area contributed by atoms with Gasteiger partial charge in [0.2, 0.25) is 0 Å². The highest BCUT2D eigenvalue weighted by molar-refractivity contribution is 5.76. The molecule has 0 bridgehead atoms. The number of halogens is 1. The molecule has 0 radical (unpaired) electrons. The minimum absolute atomic E-state index is 0.236. The number of methoxy groups -OCH3 is 1. The largest absolute Gasteiger partial charge is 0.497 e. The van der Waals surface area contributed by atoms with Crippen molar-refractivity contribution in [3.63, 3.8) is 0 Å². The third kappa shape index (κ3) is 4.54. The summed E-state index contributed by atoms with van der Waals surface area (Å²) in [7, 11) is 1.62. The second-order valence-corrected chi connectivity index (χ2v) is 9.53. The van der Waals surface area contributed by atoms with Crippen molar-refractivity contribution in [1.29, 1.82) is 0 Å². The Kier molecular flexibility index (Phi) is 6.36. The van der Waals surface area contributed by atoms with Crippen LogP contribution in [0.2, 0.25) is 0 Å². The molecule has 196 valence electrons. The highest BCUT2D eigenvalue weighted by Crippen LogP contribution is 2.38. The lowest BCUT2D eigenvalue weighted by atomic mass is 10.0. The zero-order valence-corrected chi connectivity index (χ0v) is 21.7. The molecule has 0 unspecified atom stereocenters. The second-order valence-electron chi connectivity index (χ2n) is 9.53. The fraction of sp³-hybridized carbons (Fsp3) is 0.161. The number of amides is 2. The Morgan fingerprint density at radius 3 is 2.59 bits per heavy atom. The smallest absolute Gasteiger partial charge is 0.318 e. The first-order valence-corrected chi connectivity index (χ1v) is 12.8. The van der Waals surface area contributed by atoms with Crippen LogP contribution in [0.5, 0.6) is 5.75 Å². The van der Waals surface area contributed by atoms with Crippen LogP contribution in [0.3, 0.4) is 0 Å². The standard InChI is InChI=1S/C31H28FN5O2/c1-21-27-20-36(31(38)33-19-22-8-6-11-26(18-22)39-2)29(23-13-15-24(32)16-14-23)28-12-7-17-35(28)30(27)37(34-21)25-9-4-3-5-10-25/h3-18,29H,19-20H2,1-2H3,(H,33,38)/t29-/m1/s1. The molecule has 1 aliphatic rings. The Morgan fingerprint density at radius 2 is 1.82 bits per heavy atom. The van der Waals surface area contributed by atoms with Crippen LogP contribution in [0.4, 0.5) is 9.18 Å². The summed E-state index contributed by atoms with van der Waals surface area (Å²) in [6, 6.07) is 27.2. The number of carbonyl (C=O) groups is 1. The lowest BCUT2D eigenvalue weighted by molar-refractivity contribution is 0.180. The van der Waals surface area contributed by atoms with E-state index in [9.17, 15) is 9.18 Å². The number of nitrogens with one attached hydrogen (secondary N) is 1. The van der Waals surface area contributed by atoms with E-state index in [0.29, 0.717) is 13.1 Å². The number of aromatic nitrogens is 3. The van der Waals surface area contributed by atoms with Crippen molar-refractivity contribution >= 4 is 6.03 Å². The molecular weight excluding hydrogens is 493 g/mol. The predicted octanol–water partition coefficient (Wildman–Crippen LogP) is 5.93. The van der Waals surface area contributed by atoms with Crippen molar-refractivity contribution in [3.05, 3.63) is 131 Å². The molecule has 1 atom stereocenters. The minimum Gasteiger partial charge on any atom is -0.497 e. The van der Waals surface area contributed by atoms with Crippen LogP contribution < -0.4 is 10.1 Å². The maximum atomic E-state index is 13.9. The van der Waals surface area contributed by atoms with Gasteiger partial charge in [-0.2, -0.15) is 5.10 Å². The van der Waals surface area contributed by atoms with Gasteiger partial charge in [0, 0.05) is 18.3 Å². The molecule has 3 aromatic carbocycles. The number of rotatable bonds is 5. The molecule has 0 aliphatic carbocycles. The fourth-order valence-corrected chi connectivity index (χ4v) is 5.21. The van der Waals surface area contributed by atoms with Crippen LogP contribution in [0, 0.1) is 12.7 Å². The number of fused-ring (bicyclic) bond motifs is 3. The molecule has 1 N–H and O–H groups in total. The van der Waals surface area contributed by atoms with Crippen molar-refractivity contribution in [1.82, 2.24) is 24.6 Å². The molecule has 0 fully saturated rings. The van der Waals surface area contributed by atoms with Crippen LogP contribution >= 0.6 is 0 Å². The molecular formula is C31H28FN5O2. The summed E-state index contributed by atoms with van der Waals surface area (Å²) in [4.78, 5) is 15.7. The number of urea groups is 1. The van der Waals surface area contributed by atoms with E-state index in [1.165, 1.54) is 12.1 Å². The van der Waals surface area contributed by atoms with E-state index in [2.05, 4.69) is 9.88 Å². The van der Waals surface area contributed by atoms with Gasteiger partial charge in [-0.25, -0.2) is 13.9 Å². The lowest BCUT2D eigenvalue weighted by Gasteiger charge is -2.31. The Morgan fingerprint density at radius 1 is 1.03 bits per heavy atom. The van der Waals surface area contributed by atoms with Crippen LogP contribution in [0.1, 0.15) is 34.1 Å². The van der Waals surface area contributed by atoms with Gasteiger partial charge in [-0.1, -0.05) is 42.5 Å². The topological polar surface area (TPSA) is 64.3 Å². The van der Waals surface area contributed by atoms with E-state index >= 15 is 0 Å². The molecule has 0 saturated heterocycles. The first-order chi connectivity index (χ1) is 19.0. The Labute approximate surface area is 226 Å². The first kappa shape index (κ1) is 24.5. The number of hydrogen-bond acceptors (Lipinski definition) is 3. The molecule has 8 heteroatoms. The van der Waals surface area contributed by atoms with Crippen molar-refractivity contribution in [2.24, 2.45) is 0 Å². The summed E-state index contributed by atoms with van der Waals surface area (Å²) >= 11 is 0. The summed E-state index contributed by atoms with van der Waals surface area (Å²) in [5.41, 5.74) is 5.32. The SMILES string of the molecule is COc1cccc(CNC(=O)N2Cc3c(C)nn(-c4ccccc4)c3-n3cccc3[C@H]2c2ccc(F)cc2)c1. The molecule has 7 nitrogen and oxygen atoms in total. The molecule has 39 heavy (non-hydrogen) atoms. The second kappa shape index (κ2) is 10.1. The van der Waals surface area contributed by atoms with Crippen LogP contribution in [0.15, 0.2) is 97.2 Å². The van der Waals surface area contributed by atoms with Crippen LogP contribution in [0.25, 0.3) is 11.5 Å². The van der Waals surface area contributed by atoms with Gasteiger partial charge in [0.05, 0.1) is 36.8 Å². The van der Waals surface area contributed by atoms with E-state index in [1.807, 2.05) is 84.5 Å². The van der Waals surface area contributed by atoms with Crippen molar-refractivity contribution in [2.75, 3.05) is 7.11 Å². The summed E-state index contributed by atoms with van der Waals surface area (Å²) < 4.78 is 23.3. The summed E-state index contributed by atoms with van der Waals surface area (Å²) in [6.45, 7) is 2.62. The minimum atomic E-state index is -0.457. The number of benzene rings is 3. The van der Waals surface area contributed by atoms with E-state index in [1.54, 1.807) is 24.1 Å². The third-order valence-electron chi connectivity index (χ3n) is 7.11. The third-order valence-corrected chi connectivity index (χ3v) is 7.11. The van der Waals surface area contributed by atoms with Gasteiger partial charge in [-0.15, -0.1) is 0 Å². The fourth-order valence-electron chi connectivity index (χ4n) is 5.21. The molecule has 2 amide bonds. The van der Waals surface area contributed by atoms with E-state index < -0.39 is 6.04 Å². The highest BCUT2D eigenvalue weighted by Gasteiger charge is 2.35. The van der Waals surface area contributed by atoms with Gasteiger partial charge in [-0.3, -0.25) is 0 Å². The molecule has 2 aromatic heterocycles. The van der Waals surface area contributed by atoms with E-state index in [-0.39, 0.29) is 11.8 Å². The highest BCUT2D eigenvalue weighted by atomic mass is 19.1. The molecule has 0 spiro atoms. The first-order valence-electron chi connectivity index (χ1n) is 12.8. The van der Waals surface area contributed by atoms with Gasteiger partial charge < -0.3 is 19.5 Å². The Balaban J connectivity index is 1.45. The van der Waals surface area contributed by atoms with Crippen molar-refractivity contribution < 1.29 is 13.9 Å². The number of carbonyl (C=O) groups excluding carboxylic acids is 1. The quantitative estimate of drug-likeness (QED) is 0.312. The molecule has 5 aromatic rings. The Bertz CT molecular complexity index is 1620. The zero-order chi connectivity index (χ0) is 26.9. The monoisotopic (exact) mass is 521 g/mol. The lowest BCUT2D eigenvalue weighted by Crippen LogP contribution is -2.41.